The maximum atomic E-state index is 13.7. The molecule has 6 nitrogen and oxygen atoms in total. The first kappa shape index (κ1) is 24.2. The largest absolute Gasteiger partial charge is 0.418 e. The number of amides is 2. The summed E-state index contributed by atoms with van der Waals surface area (Å²) in [5, 5.41) is 3.63. The number of pyridine rings is 1. The topological polar surface area (TPSA) is 86.3 Å². The molecule has 12 heteroatoms. The van der Waals surface area contributed by atoms with Crippen molar-refractivity contribution in [1.82, 2.24) is 10.6 Å². The number of rotatable bonds is 5. The van der Waals surface area contributed by atoms with Crippen molar-refractivity contribution in [2.24, 2.45) is 5.92 Å². The average Bonchev–Trinajstić information content (AvgIpc) is 2.99. The van der Waals surface area contributed by atoms with Crippen LogP contribution in [-0.4, -0.2) is 36.4 Å². The zero-order chi connectivity index (χ0) is 24.2. The van der Waals surface area contributed by atoms with Crippen molar-refractivity contribution < 1.29 is 45.9 Å². The van der Waals surface area contributed by atoms with Crippen LogP contribution >= 0.6 is 0 Å². The Hall–Kier alpha value is -3.44. The highest BCUT2D eigenvalue weighted by atomic mass is 19.4. The number of halogens is 6. The van der Waals surface area contributed by atoms with Crippen LogP contribution in [-0.2, 0) is 9.59 Å². The number of nitrogens with one attached hydrogen (secondary N) is 4. The van der Waals surface area contributed by atoms with Crippen LogP contribution in [0.15, 0.2) is 60.0 Å². The number of alkyl halides is 6. The monoisotopic (exact) mass is 474 g/mol. The summed E-state index contributed by atoms with van der Waals surface area (Å²) in [6.45, 7) is -1.58. The van der Waals surface area contributed by atoms with Crippen LogP contribution in [0.1, 0.15) is 24.6 Å². The maximum Gasteiger partial charge on any atom is 0.418 e. The van der Waals surface area contributed by atoms with Gasteiger partial charge in [-0.2, -0.15) is 31.3 Å². The number of hydrogen-bond donors (Lipinski definition) is 3. The summed E-state index contributed by atoms with van der Waals surface area (Å²) in [7, 11) is 0. The van der Waals surface area contributed by atoms with Crippen LogP contribution in [0, 0.1) is 5.92 Å². The summed E-state index contributed by atoms with van der Waals surface area (Å²) >= 11 is 0. The van der Waals surface area contributed by atoms with Crippen molar-refractivity contribution in [3.63, 3.8) is 0 Å². The molecule has 2 aliphatic rings. The third-order valence-electron chi connectivity index (χ3n) is 5.00. The summed E-state index contributed by atoms with van der Waals surface area (Å²) in [5.74, 6) is -2.72. The average molecular weight is 474 g/mol. The minimum Gasteiger partial charge on any atom is -0.338 e. The number of H-pyrrole nitrogens is 1. The van der Waals surface area contributed by atoms with Crippen molar-refractivity contribution >= 4 is 17.5 Å². The van der Waals surface area contributed by atoms with Crippen molar-refractivity contribution in [3.05, 3.63) is 65.7 Å². The molecule has 1 aromatic heterocycles. The number of allylic oxidation sites excluding steroid dienone is 5. The van der Waals surface area contributed by atoms with E-state index in [4.69, 9.17) is 0 Å². The standard InChI is InChI=1S/C21H18F6N4O2/c22-20(23,24)11-29-18(32)15-10-12-6-2-1-3-7-13(12)16(30-15)19(33)31-17(21(25,26)27)14-8-4-5-9-28-14/h1-5,7-9,12,17H,6,10-11H2,(H,29,32)(H,31,33)/p+2. The summed E-state index contributed by atoms with van der Waals surface area (Å²) in [5.41, 5.74) is -0.533. The zero-order valence-electron chi connectivity index (χ0n) is 17.0. The van der Waals surface area contributed by atoms with E-state index >= 15 is 0 Å². The quantitative estimate of drug-likeness (QED) is 0.561. The molecule has 0 saturated heterocycles. The van der Waals surface area contributed by atoms with Gasteiger partial charge in [-0.05, 0) is 6.42 Å². The SMILES string of the molecule is O=C(NCC(F)(F)F)C1=[NH+]C(C(=O)NC(c2cccc[nH+]2)C(F)(F)F)=C2C=CC=CCC2C1. The molecule has 1 aliphatic carbocycles. The lowest BCUT2D eigenvalue weighted by molar-refractivity contribution is -0.403. The summed E-state index contributed by atoms with van der Waals surface area (Å²) in [4.78, 5) is 30.2. The Morgan fingerprint density at radius 1 is 1.09 bits per heavy atom. The number of aromatic amines is 1. The molecular weight excluding hydrogens is 454 g/mol. The number of carbonyl (C=O) groups is 2. The lowest BCUT2D eigenvalue weighted by atomic mass is 9.86. The molecule has 0 aromatic carbocycles. The van der Waals surface area contributed by atoms with Gasteiger partial charge in [0.2, 0.25) is 17.4 Å². The smallest absolute Gasteiger partial charge is 0.338 e. The molecule has 2 atom stereocenters. The van der Waals surface area contributed by atoms with Gasteiger partial charge >= 0.3 is 24.2 Å². The van der Waals surface area contributed by atoms with Gasteiger partial charge in [-0.3, -0.25) is 9.59 Å². The Morgan fingerprint density at radius 2 is 1.85 bits per heavy atom. The van der Waals surface area contributed by atoms with Gasteiger partial charge in [0.05, 0.1) is 0 Å². The van der Waals surface area contributed by atoms with E-state index in [0.29, 0.717) is 12.0 Å². The molecule has 2 amide bonds. The van der Waals surface area contributed by atoms with Gasteiger partial charge in [0, 0.05) is 30.0 Å². The van der Waals surface area contributed by atoms with E-state index in [1.807, 2.05) is 5.32 Å². The molecule has 33 heavy (non-hydrogen) atoms. The van der Waals surface area contributed by atoms with E-state index < -0.39 is 42.7 Å². The minimum absolute atomic E-state index is 0.0142. The molecule has 1 aromatic rings. The zero-order valence-corrected chi connectivity index (χ0v) is 17.0. The van der Waals surface area contributed by atoms with Crippen LogP contribution in [0.25, 0.3) is 0 Å². The molecule has 0 radical (unpaired) electrons. The normalized spacial score (nSPS) is 19.3. The number of hydrogen-bond acceptors (Lipinski definition) is 2. The highest BCUT2D eigenvalue weighted by molar-refractivity contribution is 6.36. The van der Waals surface area contributed by atoms with Gasteiger partial charge in [-0.15, -0.1) is 0 Å². The predicted octanol–water partition coefficient (Wildman–Crippen LogP) is 1.21. The first-order chi connectivity index (χ1) is 15.5. The van der Waals surface area contributed by atoms with E-state index in [9.17, 15) is 35.9 Å². The van der Waals surface area contributed by atoms with E-state index in [1.165, 1.54) is 24.4 Å². The number of fused-ring (bicyclic) bond motifs is 1. The third kappa shape index (κ3) is 6.30. The molecule has 0 saturated carbocycles. The van der Waals surface area contributed by atoms with Crippen LogP contribution in [0.5, 0.6) is 0 Å². The minimum atomic E-state index is -4.84. The molecule has 1 aliphatic heterocycles. The van der Waals surface area contributed by atoms with Crippen molar-refractivity contribution in [2.45, 2.75) is 31.2 Å². The maximum absolute atomic E-state index is 13.7. The Labute approximate surface area is 184 Å². The lowest BCUT2D eigenvalue weighted by Gasteiger charge is -2.22. The van der Waals surface area contributed by atoms with E-state index in [1.54, 1.807) is 23.5 Å². The molecule has 4 N–H and O–H groups in total. The van der Waals surface area contributed by atoms with E-state index in [2.05, 4.69) is 9.98 Å². The molecule has 0 fully saturated rings. The van der Waals surface area contributed by atoms with Gasteiger partial charge in [-0.1, -0.05) is 30.4 Å². The van der Waals surface area contributed by atoms with Gasteiger partial charge in [0.1, 0.15) is 6.54 Å². The fourth-order valence-electron chi connectivity index (χ4n) is 3.50. The number of carbonyl (C=O) groups excluding carboxylic acids is 2. The highest BCUT2D eigenvalue weighted by Gasteiger charge is 2.47. The fraction of sp³-hybridized carbons (Fsp3) is 0.333. The Morgan fingerprint density at radius 3 is 2.48 bits per heavy atom. The summed E-state index contributed by atoms with van der Waals surface area (Å²) in [6, 6.07) is 1.62. The van der Waals surface area contributed by atoms with Gasteiger partial charge in [-0.25, -0.2) is 4.98 Å². The second kappa shape index (κ2) is 9.59. The van der Waals surface area contributed by atoms with Crippen molar-refractivity contribution in [3.8, 4) is 0 Å². The first-order valence-electron chi connectivity index (χ1n) is 9.85. The first-order valence-corrected chi connectivity index (χ1v) is 9.85. The Balaban J connectivity index is 1.94. The predicted molar refractivity (Wildman–Crippen MR) is 103 cm³/mol. The molecule has 176 valence electrons. The number of aromatic nitrogens is 1. The van der Waals surface area contributed by atoms with E-state index in [-0.39, 0.29) is 23.5 Å². The Kier molecular flexibility index (Phi) is 7.04. The second-order valence-corrected chi connectivity index (χ2v) is 7.42. The van der Waals surface area contributed by atoms with Crippen LogP contribution in [0.3, 0.4) is 0 Å². The van der Waals surface area contributed by atoms with Crippen LogP contribution < -0.4 is 20.6 Å². The molecule has 3 rings (SSSR count). The molecule has 2 unspecified atom stereocenters. The summed E-state index contributed by atoms with van der Waals surface area (Å²) in [6.07, 6.45) is -1.38. The molecule has 0 spiro atoms. The molecule has 0 bridgehead atoms. The molecule has 2 heterocycles. The van der Waals surface area contributed by atoms with E-state index in [0.717, 1.165) is 6.07 Å². The van der Waals surface area contributed by atoms with Gasteiger partial charge in [0.15, 0.2) is 6.20 Å². The van der Waals surface area contributed by atoms with Crippen LogP contribution in [0.4, 0.5) is 26.3 Å². The van der Waals surface area contributed by atoms with Crippen molar-refractivity contribution in [2.75, 3.05) is 6.54 Å². The van der Waals surface area contributed by atoms with Crippen molar-refractivity contribution in [1.29, 1.82) is 0 Å². The Bertz CT molecular complexity index is 1030. The fourth-order valence-corrected chi connectivity index (χ4v) is 3.50. The highest BCUT2D eigenvalue weighted by Crippen LogP contribution is 2.32. The third-order valence-corrected chi connectivity index (χ3v) is 5.00. The van der Waals surface area contributed by atoms with Crippen LogP contribution in [0.2, 0.25) is 0 Å². The lowest BCUT2D eigenvalue weighted by Crippen LogP contribution is -2.78. The molecular formula is C21H20F6N4O2+2. The summed E-state index contributed by atoms with van der Waals surface area (Å²) < 4.78 is 78.5. The van der Waals surface area contributed by atoms with Gasteiger partial charge < -0.3 is 10.6 Å². The second-order valence-electron chi connectivity index (χ2n) is 7.42. The van der Waals surface area contributed by atoms with Gasteiger partial charge in [0.25, 0.3) is 5.70 Å².